The van der Waals surface area contributed by atoms with Crippen LogP contribution < -0.4 is 10.5 Å². The van der Waals surface area contributed by atoms with Crippen molar-refractivity contribution < 1.29 is 12.8 Å². The fourth-order valence-corrected chi connectivity index (χ4v) is 2.82. The Kier molecular flexibility index (Phi) is 4.49. The summed E-state index contributed by atoms with van der Waals surface area (Å²) >= 11 is 0. The molecule has 4 nitrogen and oxygen atoms in total. The average Bonchev–Trinajstić information content (AvgIpc) is 2.46. The molecule has 0 aliphatic heterocycles. The molecular formula is C14H15FN2O2S. The minimum absolute atomic E-state index is 0.112. The minimum atomic E-state index is -3.88. The molecule has 0 aliphatic rings. The van der Waals surface area contributed by atoms with Gasteiger partial charge >= 0.3 is 0 Å². The normalized spacial score (nSPS) is 11.5. The summed E-state index contributed by atoms with van der Waals surface area (Å²) in [6, 6.07) is 12.9. The topological polar surface area (TPSA) is 72.2 Å². The Hall–Kier alpha value is -1.76. The van der Waals surface area contributed by atoms with Crippen LogP contribution >= 0.6 is 0 Å². The Balaban J connectivity index is 2.18. The van der Waals surface area contributed by atoms with Gasteiger partial charge in [-0.15, -0.1) is 0 Å². The fraction of sp³-hybridized carbons (Fsp3) is 0.143. The molecule has 0 fully saturated rings. The summed E-state index contributed by atoms with van der Waals surface area (Å²) in [6.45, 7) is 0.274. The first-order valence-corrected chi connectivity index (χ1v) is 7.53. The van der Waals surface area contributed by atoms with E-state index >= 15 is 0 Å². The molecular weight excluding hydrogens is 279 g/mol. The van der Waals surface area contributed by atoms with E-state index in [4.69, 9.17) is 5.73 Å². The van der Waals surface area contributed by atoms with Crippen molar-refractivity contribution in [3.63, 3.8) is 0 Å². The summed E-state index contributed by atoms with van der Waals surface area (Å²) in [4.78, 5) is -0.370. The number of rotatable bonds is 5. The maximum absolute atomic E-state index is 13.8. The maximum Gasteiger partial charge on any atom is 0.243 e. The van der Waals surface area contributed by atoms with Crippen molar-refractivity contribution in [2.45, 2.75) is 18.0 Å². The quantitative estimate of drug-likeness (QED) is 0.882. The third-order valence-electron chi connectivity index (χ3n) is 2.83. The average molecular weight is 294 g/mol. The van der Waals surface area contributed by atoms with Gasteiger partial charge in [0.1, 0.15) is 10.7 Å². The number of halogens is 1. The van der Waals surface area contributed by atoms with Crippen LogP contribution in [0.25, 0.3) is 0 Å². The van der Waals surface area contributed by atoms with Gasteiger partial charge < -0.3 is 5.73 Å². The van der Waals surface area contributed by atoms with Crippen LogP contribution in [0.4, 0.5) is 4.39 Å². The summed E-state index contributed by atoms with van der Waals surface area (Å²) in [5.74, 6) is -0.798. The van der Waals surface area contributed by atoms with Gasteiger partial charge in [0.15, 0.2) is 0 Å². The van der Waals surface area contributed by atoms with Crippen LogP contribution in [0.1, 0.15) is 11.1 Å². The van der Waals surface area contributed by atoms with Crippen LogP contribution in [0.5, 0.6) is 0 Å². The molecule has 6 heteroatoms. The van der Waals surface area contributed by atoms with E-state index in [1.54, 1.807) is 24.3 Å². The third-order valence-corrected chi connectivity index (χ3v) is 4.27. The molecule has 0 atom stereocenters. The number of benzene rings is 2. The Bertz CT molecular complexity index is 688. The Labute approximate surface area is 117 Å². The molecule has 0 amide bonds. The second kappa shape index (κ2) is 6.13. The van der Waals surface area contributed by atoms with E-state index in [1.807, 2.05) is 6.07 Å². The van der Waals surface area contributed by atoms with Crippen LogP contribution in [0, 0.1) is 5.82 Å². The molecule has 0 saturated carbocycles. The van der Waals surface area contributed by atoms with E-state index in [2.05, 4.69) is 4.72 Å². The second-order valence-corrected chi connectivity index (χ2v) is 6.01. The molecule has 0 aliphatic carbocycles. The number of nitrogens with two attached hydrogens (primary N) is 1. The van der Waals surface area contributed by atoms with Gasteiger partial charge in [-0.2, -0.15) is 0 Å². The van der Waals surface area contributed by atoms with Gasteiger partial charge in [-0.05, 0) is 23.3 Å². The van der Waals surface area contributed by atoms with Crippen LogP contribution in [0.3, 0.4) is 0 Å². The monoisotopic (exact) mass is 294 g/mol. The summed E-state index contributed by atoms with van der Waals surface area (Å²) in [6.07, 6.45) is 0. The Morgan fingerprint density at radius 2 is 1.75 bits per heavy atom. The zero-order valence-corrected chi connectivity index (χ0v) is 11.5. The number of sulfonamides is 1. The molecule has 0 radical (unpaired) electrons. The molecule has 3 N–H and O–H groups in total. The first-order valence-electron chi connectivity index (χ1n) is 6.05. The lowest BCUT2D eigenvalue weighted by Crippen LogP contribution is -2.24. The molecule has 0 unspecified atom stereocenters. The predicted octanol–water partition coefficient (Wildman–Crippen LogP) is 1.76. The van der Waals surface area contributed by atoms with Crippen molar-refractivity contribution in [2.75, 3.05) is 0 Å². The Morgan fingerprint density at radius 3 is 2.35 bits per heavy atom. The van der Waals surface area contributed by atoms with E-state index < -0.39 is 15.8 Å². The van der Waals surface area contributed by atoms with E-state index in [0.717, 1.165) is 11.6 Å². The second-order valence-electron chi connectivity index (χ2n) is 4.28. The van der Waals surface area contributed by atoms with Crippen molar-refractivity contribution in [3.05, 3.63) is 65.5 Å². The zero-order chi connectivity index (χ0) is 14.6. The SMILES string of the molecule is NCc1ccc(S(=O)(=O)NCc2ccccc2)c(F)c1. The Morgan fingerprint density at radius 1 is 1.05 bits per heavy atom. The van der Waals surface area contributed by atoms with Gasteiger partial charge in [-0.1, -0.05) is 36.4 Å². The molecule has 0 saturated heterocycles. The van der Waals surface area contributed by atoms with E-state index in [9.17, 15) is 12.8 Å². The van der Waals surface area contributed by atoms with Crippen molar-refractivity contribution >= 4 is 10.0 Å². The van der Waals surface area contributed by atoms with E-state index in [-0.39, 0.29) is 18.0 Å². The van der Waals surface area contributed by atoms with Gasteiger partial charge in [-0.25, -0.2) is 17.5 Å². The van der Waals surface area contributed by atoms with Crippen LogP contribution in [0.15, 0.2) is 53.4 Å². The van der Waals surface area contributed by atoms with Crippen molar-refractivity contribution in [1.29, 1.82) is 0 Å². The highest BCUT2D eigenvalue weighted by atomic mass is 32.2. The van der Waals surface area contributed by atoms with Crippen LogP contribution in [-0.2, 0) is 23.1 Å². The predicted molar refractivity (Wildman–Crippen MR) is 74.8 cm³/mol. The van der Waals surface area contributed by atoms with Crippen LogP contribution in [0.2, 0.25) is 0 Å². The molecule has 2 aromatic carbocycles. The molecule has 2 rings (SSSR count). The van der Waals surface area contributed by atoms with E-state index in [1.165, 1.54) is 12.1 Å². The van der Waals surface area contributed by atoms with Crippen molar-refractivity contribution in [3.8, 4) is 0 Å². The van der Waals surface area contributed by atoms with Gasteiger partial charge in [0.25, 0.3) is 0 Å². The first kappa shape index (κ1) is 14.6. The summed E-state index contributed by atoms with van der Waals surface area (Å²) < 4.78 is 40.2. The summed E-state index contributed by atoms with van der Waals surface area (Å²) in [7, 11) is -3.88. The first-order chi connectivity index (χ1) is 9.53. The van der Waals surface area contributed by atoms with Crippen molar-refractivity contribution in [2.24, 2.45) is 5.73 Å². The highest BCUT2D eigenvalue weighted by Crippen LogP contribution is 2.16. The lowest BCUT2D eigenvalue weighted by Gasteiger charge is -2.08. The molecule has 0 bridgehead atoms. The van der Waals surface area contributed by atoms with Gasteiger partial charge in [0.05, 0.1) is 0 Å². The maximum atomic E-state index is 13.8. The third kappa shape index (κ3) is 3.41. The van der Waals surface area contributed by atoms with Gasteiger partial charge in [0, 0.05) is 13.1 Å². The highest BCUT2D eigenvalue weighted by Gasteiger charge is 2.18. The summed E-state index contributed by atoms with van der Waals surface area (Å²) in [5.41, 5.74) is 6.73. The highest BCUT2D eigenvalue weighted by molar-refractivity contribution is 7.89. The molecule has 0 heterocycles. The number of hydrogen-bond acceptors (Lipinski definition) is 3. The molecule has 0 aromatic heterocycles. The molecule has 2 aromatic rings. The summed E-state index contributed by atoms with van der Waals surface area (Å²) in [5, 5.41) is 0. The lowest BCUT2D eigenvalue weighted by atomic mass is 10.2. The molecule has 106 valence electrons. The largest absolute Gasteiger partial charge is 0.326 e. The zero-order valence-electron chi connectivity index (χ0n) is 10.7. The van der Waals surface area contributed by atoms with Crippen molar-refractivity contribution in [1.82, 2.24) is 4.72 Å². The van der Waals surface area contributed by atoms with Crippen LogP contribution in [-0.4, -0.2) is 8.42 Å². The molecule has 0 spiro atoms. The number of hydrogen-bond donors (Lipinski definition) is 2. The van der Waals surface area contributed by atoms with Gasteiger partial charge in [0.2, 0.25) is 10.0 Å². The standard InChI is InChI=1S/C14H15FN2O2S/c15-13-8-12(9-16)6-7-14(13)20(18,19)17-10-11-4-2-1-3-5-11/h1-8,17H,9-10,16H2. The molecule has 20 heavy (non-hydrogen) atoms. The smallest absolute Gasteiger partial charge is 0.243 e. The lowest BCUT2D eigenvalue weighted by molar-refractivity contribution is 0.556. The fourth-order valence-electron chi connectivity index (χ4n) is 1.74. The van der Waals surface area contributed by atoms with E-state index in [0.29, 0.717) is 5.56 Å². The van der Waals surface area contributed by atoms with Gasteiger partial charge in [-0.3, -0.25) is 0 Å². The number of nitrogens with one attached hydrogen (secondary N) is 1. The minimum Gasteiger partial charge on any atom is -0.326 e.